The van der Waals surface area contributed by atoms with Crippen LogP contribution in [0.15, 0.2) is 23.8 Å². The molecule has 0 aromatic heterocycles. The van der Waals surface area contributed by atoms with Gasteiger partial charge in [0.15, 0.2) is 0 Å². The van der Waals surface area contributed by atoms with Crippen molar-refractivity contribution < 1.29 is 19.7 Å². The Hall–Kier alpha value is -1.13. The fraction of sp³-hybridized carbons (Fsp3) is 0.857. The summed E-state index contributed by atoms with van der Waals surface area (Å²) in [5.74, 6) is -0.128. The highest BCUT2D eigenvalue weighted by Gasteiger charge is 2.21. The van der Waals surface area contributed by atoms with Gasteiger partial charge in [-0.3, -0.25) is 0 Å². The number of unbranched alkanes of at least 4 members (excludes halogenated alkanes) is 19. The average molecular weight is 549 g/mol. The van der Waals surface area contributed by atoms with Crippen molar-refractivity contribution in [2.24, 2.45) is 0 Å². The Morgan fingerprint density at radius 2 is 1.13 bits per heavy atom. The topological polar surface area (TPSA) is 66.8 Å². The van der Waals surface area contributed by atoms with E-state index < -0.39 is 12.2 Å². The lowest BCUT2D eigenvalue weighted by atomic mass is 10.0. The van der Waals surface area contributed by atoms with Crippen LogP contribution < -0.4 is 0 Å². The maximum absolute atomic E-state index is 11.6. The molecule has 0 fully saturated rings. The van der Waals surface area contributed by atoms with Crippen molar-refractivity contribution >= 4 is 5.97 Å². The van der Waals surface area contributed by atoms with E-state index in [1.54, 1.807) is 0 Å². The molecular weight excluding hydrogens is 484 g/mol. The number of hydrogen-bond donors (Lipinski definition) is 2. The molecule has 4 nitrogen and oxygen atoms in total. The van der Waals surface area contributed by atoms with Crippen LogP contribution >= 0.6 is 0 Å². The van der Waals surface area contributed by atoms with Crippen molar-refractivity contribution in [1.82, 2.24) is 0 Å². The predicted molar refractivity (Wildman–Crippen MR) is 166 cm³/mol. The van der Waals surface area contributed by atoms with E-state index in [1.165, 1.54) is 103 Å². The number of carbonyl (C=O) groups is 1. The molecule has 0 unspecified atom stereocenters. The lowest BCUT2D eigenvalue weighted by Crippen LogP contribution is -2.25. The van der Waals surface area contributed by atoms with Gasteiger partial charge in [0.25, 0.3) is 0 Å². The number of aliphatic hydroxyl groups excluding tert-OH is 2. The smallest absolute Gasteiger partial charge is 0.334 e. The van der Waals surface area contributed by atoms with E-state index in [-0.39, 0.29) is 12.1 Å². The largest absolute Gasteiger partial charge is 0.455 e. The van der Waals surface area contributed by atoms with Crippen LogP contribution in [0.25, 0.3) is 0 Å². The van der Waals surface area contributed by atoms with Gasteiger partial charge in [0, 0.05) is 5.57 Å². The molecule has 1 aliphatic heterocycles. The molecule has 0 aliphatic carbocycles. The number of allylic oxidation sites excluding steroid dienone is 2. The zero-order chi connectivity index (χ0) is 28.4. The maximum atomic E-state index is 11.6. The molecule has 1 aliphatic rings. The first-order valence-corrected chi connectivity index (χ1v) is 17.0. The van der Waals surface area contributed by atoms with Crippen LogP contribution in [0.2, 0.25) is 0 Å². The van der Waals surface area contributed by atoms with Crippen LogP contribution in [-0.4, -0.2) is 34.5 Å². The number of hydrogen-bond acceptors (Lipinski definition) is 4. The van der Waals surface area contributed by atoms with Crippen LogP contribution in [0.4, 0.5) is 0 Å². The van der Waals surface area contributed by atoms with E-state index in [1.807, 2.05) is 13.0 Å². The SMILES string of the molecule is CCCCCCCCCCCCCC/C=C\CC[C@@H](O)[C@H](O)CCCCCCCCCCC1=C[C@H](C)OC1=O. The second kappa shape index (κ2) is 25.8. The molecule has 228 valence electrons. The van der Waals surface area contributed by atoms with Gasteiger partial charge in [0.05, 0.1) is 12.2 Å². The highest BCUT2D eigenvalue weighted by molar-refractivity contribution is 5.90. The van der Waals surface area contributed by atoms with E-state index in [2.05, 4.69) is 19.1 Å². The second-order valence-electron chi connectivity index (χ2n) is 12.0. The van der Waals surface area contributed by atoms with Crippen LogP contribution in [0.5, 0.6) is 0 Å². The van der Waals surface area contributed by atoms with E-state index in [0.29, 0.717) is 12.8 Å². The van der Waals surface area contributed by atoms with Gasteiger partial charge >= 0.3 is 5.97 Å². The lowest BCUT2D eigenvalue weighted by molar-refractivity contribution is -0.139. The normalized spacial score (nSPS) is 17.1. The third kappa shape index (κ3) is 21.3. The minimum absolute atomic E-state index is 0.0530. The lowest BCUT2D eigenvalue weighted by Gasteiger charge is -2.17. The number of cyclic esters (lactones) is 1. The summed E-state index contributed by atoms with van der Waals surface area (Å²) < 4.78 is 5.13. The Morgan fingerprint density at radius 3 is 1.67 bits per heavy atom. The van der Waals surface area contributed by atoms with Crippen LogP contribution in [0, 0.1) is 0 Å². The Labute approximate surface area is 242 Å². The molecule has 1 heterocycles. The molecule has 0 saturated heterocycles. The molecule has 0 radical (unpaired) electrons. The zero-order valence-electron chi connectivity index (χ0n) is 25.9. The summed E-state index contributed by atoms with van der Waals surface area (Å²) in [7, 11) is 0. The predicted octanol–water partition coefficient (Wildman–Crippen LogP) is 9.91. The summed E-state index contributed by atoms with van der Waals surface area (Å²) in [6.45, 7) is 4.19. The molecule has 0 amide bonds. The monoisotopic (exact) mass is 548 g/mol. The average Bonchev–Trinajstić information content (AvgIpc) is 3.25. The van der Waals surface area contributed by atoms with Crippen molar-refractivity contribution in [1.29, 1.82) is 0 Å². The maximum Gasteiger partial charge on any atom is 0.334 e. The second-order valence-corrected chi connectivity index (χ2v) is 12.0. The van der Waals surface area contributed by atoms with Crippen molar-refractivity contribution in [2.45, 2.75) is 193 Å². The standard InChI is InChI=1S/C35H64O4/c1-3-4-5-6-7-8-9-10-11-12-13-14-15-19-22-25-28-33(36)34(37)29-26-23-20-17-16-18-21-24-27-32-30-31(2)39-35(32)38/h19,22,30-31,33-34,36-37H,3-18,20-21,23-29H2,1-2H3/b22-19-/t31-,33+,34+/m0/s1. The Bertz CT molecular complexity index is 626. The number of rotatable bonds is 28. The van der Waals surface area contributed by atoms with Gasteiger partial charge in [-0.25, -0.2) is 4.79 Å². The first kappa shape index (κ1) is 35.9. The van der Waals surface area contributed by atoms with Gasteiger partial charge in [0.2, 0.25) is 0 Å². The summed E-state index contributed by atoms with van der Waals surface area (Å²) >= 11 is 0. The molecule has 0 saturated carbocycles. The summed E-state index contributed by atoms with van der Waals surface area (Å²) in [6, 6.07) is 0. The van der Waals surface area contributed by atoms with Crippen molar-refractivity contribution in [3.8, 4) is 0 Å². The third-order valence-corrected chi connectivity index (χ3v) is 8.15. The molecule has 3 atom stereocenters. The summed E-state index contributed by atoms with van der Waals surface area (Å²) in [6.07, 6.45) is 35.2. The van der Waals surface area contributed by atoms with E-state index in [9.17, 15) is 15.0 Å². The van der Waals surface area contributed by atoms with Gasteiger partial charge in [-0.15, -0.1) is 0 Å². The van der Waals surface area contributed by atoms with Crippen molar-refractivity contribution in [2.75, 3.05) is 0 Å². The quantitative estimate of drug-likeness (QED) is 0.0580. The number of aliphatic hydroxyl groups is 2. The molecule has 2 N–H and O–H groups in total. The highest BCUT2D eigenvalue weighted by Crippen LogP contribution is 2.20. The first-order chi connectivity index (χ1) is 19.0. The summed E-state index contributed by atoms with van der Waals surface area (Å²) in [5, 5.41) is 20.5. The zero-order valence-corrected chi connectivity index (χ0v) is 25.9. The van der Waals surface area contributed by atoms with Gasteiger partial charge < -0.3 is 14.9 Å². The van der Waals surface area contributed by atoms with Crippen molar-refractivity contribution in [3.05, 3.63) is 23.8 Å². The third-order valence-electron chi connectivity index (χ3n) is 8.15. The molecule has 0 bridgehead atoms. The fourth-order valence-electron chi connectivity index (χ4n) is 5.54. The number of ether oxygens (including phenoxy) is 1. The molecule has 1 rings (SSSR count). The molecular formula is C35H64O4. The van der Waals surface area contributed by atoms with Crippen LogP contribution in [0.3, 0.4) is 0 Å². The van der Waals surface area contributed by atoms with Crippen LogP contribution in [-0.2, 0) is 9.53 Å². The minimum atomic E-state index is -0.600. The molecule has 0 aromatic rings. The van der Waals surface area contributed by atoms with Gasteiger partial charge in [-0.05, 0) is 57.9 Å². The van der Waals surface area contributed by atoms with Gasteiger partial charge in [0.1, 0.15) is 6.10 Å². The Morgan fingerprint density at radius 1 is 0.667 bits per heavy atom. The molecule has 39 heavy (non-hydrogen) atoms. The fourth-order valence-corrected chi connectivity index (χ4v) is 5.54. The van der Waals surface area contributed by atoms with Crippen LogP contribution in [0.1, 0.15) is 174 Å². The Balaban J connectivity index is 1.82. The first-order valence-electron chi connectivity index (χ1n) is 17.0. The number of carbonyl (C=O) groups excluding carboxylic acids is 1. The van der Waals surface area contributed by atoms with Gasteiger partial charge in [-0.1, -0.05) is 135 Å². The van der Waals surface area contributed by atoms with E-state index >= 15 is 0 Å². The van der Waals surface area contributed by atoms with Crippen molar-refractivity contribution in [3.63, 3.8) is 0 Å². The molecule has 0 spiro atoms. The molecule has 0 aromatic carbocycles. The highest BCUT2D eigenvalue weighted by atomic mass is 16.5. The number of esters is 1. The summed E-state index contributed by atoms with van der Waals surface area (Å²) in [4.78, 5) is 11.6. The Kier molecular flexibility index (Phi) is 23.8. The van der Waals surface area contributed by atoms with E-state index in [0.717, 1.165) is 50.5 Å². The van der Waals surface area contributed by atoms with E-state index in [4.69, 9.17) is 4.74 Å². The molecule has 4 heteroatoms. The minimum Gasteiger partial charge on any atom is -0.455 e. The van der Waals surface area contributed by atoms with Gasteiger partial charge in [-0.2, -0.15) is 0 Å². The summed E-state index contributed by atoms with van der Waals surface area (Å²) in [5.41, 5.74) is 0.856.